The van der Waals surface area contributed by atoms with Crippen molar-refractivity contribution in [3.8, 4) is 0 Å². The standard InChI is InChI=1S/C12H28N4.HI/c1-6-13-12(15-10-11(2)3)14-8-7-9-16(4)5;/h11H,6-10H2,1-5H3,(H2,13,14,15);1H. The van der Waals surface area contributed by atoms with E-state index in [2.05, 4.69) is 55.4 Å². The second-order valence-electron chi connectivity index (χ2n) is 4.70. The van der Waals surface area contributed by atoms with E-state index in [0.717, 1.165) is 38.6 Å². The summed E-state index contributed by atoms with van der Waals surface area (Å²) in [5.41, 5.74) is 0. The van der Waals surface area contributed by atoms with Gasteiger partial charge in [0.15, 0.2) is 5.96 Å². The van der Waals surface area contributed by atoms with Crippen LogP contribution in [0.5, 0.6) is 0 Å². The van der Waals surface area contributed by atoms with Crippen LogP contribution >= 0.6 is 24.0 Å². The van der Waals surface area contributed by atoms with Crippen molar-refractivity contribution in [2.75, 3.05) is 40.3 Å². The van der Waals surface area contributed by atoms with Gasteiger partial charge in [-0.3, -0.25) is 4.99 Å². The first-order valence-corrected chi connectivity index (χ1v) is 6.23. The number of rotatable bonds is 7. The fourth-order valence-corrected chi connectivity index (χ4v) is 1.22. The molecule has 0 aliphatic carbocycles. The van der Waals surface area contributed by atoms with Crippen molar-refractivity contribution in [2.24, 2.45) is 10.9 Å². The third kappa shape index (κ3) is 13.9. The maximum absolute atomic E-state index is 4.51. The van der Waals surface area contributed by atoms with Gasteiger partial charge in [0.25, 0.3) is 0 Å². The van der Waals surface area contributed by atoms with Crippen LogP contribution in [0.3, 0.4) is 0 Å². The zero-order chi connectivity index (χ0) is 12.4. The Hall–Kier alpha value is -0.0400. The van der Waals surface area contributed by atoms with Crippen LogP contribution in [0.1, 0.15) is 27.2 Å². The summed E-state index contributed by atoms with van der Waals surface area (Å²) in [6.07, 6.45) is 1.14. The first-order valence-electron chi connectivity index (χ1n) is 6.23. The number of nitrogens with one attached hydrogen (secondary N) is 2. The molecule has 0 aliphatic heterocycles. The number of hydrogen-bond donors (Lipinski definition) is 2. The summed E-state index contributed by atoms with van der Waals surface area (Å²) in [6.45, 7) is 10.3. The van der Waals surface area contributed by atoms with Gasteiger partial charge in [0.05, 0.1) is 0 Å². The van der Waals surface area contributed by atoms with Gasteiger partial charge in [-0.2, -0.15) is 0 Å². The predicted octanol–water partition coefficient (Wildman–Crippen LogP) is 1.77. The summed E-state index contributed by atoms with van der Waals surface area (Å²) in [5, 5.41) is 6.59. The van der Waals surface area contributed by atoms with Crippen molar-refractivity contribution < 1.29 is 0 Å². The van der Waals surface area contributed by atoms with Gasteiger partial charge in [0.1, 0.15) is 0 Å². The fourth-order valence-electron chi connectivity index (χ4n) is 1.22. The minimum Gasteiger partial charge on any atom is -0.357 e. The van der Waals surface area contributed by atoms with Gasteiger partial charge in [0.2, 0.25) is 0 Å². The number of guanidine groups is 1. The molecule has 0 aromatic carbocycles. The SMILES string of the molecule is CCNC(=NCC(C)C)NCCCN(C)C.I. The highest BCUT2D eigenvalue weighted by Gasteiger charge is 1.98. The molecule has 0 saturated carbocycles. The molecule has 0 bridgehead atoms. The van der Waals surface area contributed by atoms with Crippen molar-refractivity contribution in [3.05, 3.63) is 0 Å². The van der Waals surface area contributed by atoms with Gasteiger partial charge >= 0.3 is 0 Å². The Balaban J connectivity index is 0. The zero-order valence-electron chi connectivity index (χ0n) is 11.9. The first kappa shape index (κ1) is 19.3. The second-order valence-corrected chi connectivity index (χ2v) is 4.70. The van der Waals surface area contributed by atoms with Gasteiger partial charge in [-0.25, -0.2) is 0 Å². The molecule has 5 heteroatoms. The van der Waals surface area contributed by atoms with Crippen molar-refractivity contribution in [3.63, 3.8) is 0 Å². The van der Waals surface area contributed by atoms with Crippen molar-refractivity contribution in [1.29, 1.82) is 0 Å². The number of aliphatic imine (C=N–C) groups is 1. The van der Waals surface area contributed by atoms with Gasteiger partial charge < -0.3 is 15.5 Å². The van der Waals surface area contributed by atoms with Crippen LogP contribution in [0.15, 0.2) is 4.99 Å². The predicted molar refractivity (Wildman–Crippen MR) is 87.4 cm³/mol. The highest BCUT2D eigenvalue weighted by atomic mass is 127. The first-order chi connectivity index (χ1) is 7.56. The van der Waals surface area contributed by atoms with Crippen LogP contribution in [-0.4, -0.2) is 51.1 Å². The van der Waals surface area contributed by atoms with E-state index in [1.54, 1.807) is 0 Å². The van der Waals surface area contributed by atoms with Crippen molar-refractivity contribution in [2.45, 2.75) is 27.2 Å². The topological polar surface area (TPSA) is 39.7 Å². The summed E-state index contributed by atoms with van der Waals surface area (Å²) >= 11 is 0. The summed E-state index contributed by atoms with van der Waals surface area (Å²) in [7, 11) is 4.19. The highest BCUT2D eigenvalue weighted by Crippen LogP contribution is 1.91. The van der Waals surface area contributed by atoms with E-state index in [0.29, 0.717) is 5.92 Å². The van der Waals surface area contributed by atoms with E-state index < -0.39 is 0 Å². The summed E-state index contributed by atoms with van der Waals surface area (Å²) in [5.74, 6) is 1.55. The summed E-state index contributed by atoms with van der Waals surface area (Å²) < 4.78 is 0. The molecule has 0 aliphatic rings. The number of hydrogen-bond acceptors (Lipinski definition) is 2. The van der Waals surface area contributed by atoms with Gasteiger partial charge in [0, 0.05) is 19.6 Å². The smallest absolute Gasteiger partial charge is 0.191 e. The Labute approximate surface area is 124 Å². The van der Waals surface area contributed by atoms with Gasteiger partial charge in [-0.05, 0) is 39.9 Å². The lowest BCUT2D eigenvalue weighted by molar-refractivity contribution is 0.399. The molecule has 0 aromatic rings. The molecule has 17 heavy (non-hydrogen) atoms. The largest absolute Gasteiger partial charge is 0.357 e. The number of halogens is 1. The molecular weight excluding hydrogens is 327 g/mol. The molecule has 0 radical (unpaired) electrons. The molecule has 0 unspecified atom stereocenters. The Kier molecular flexibility index (Phi) is 14.1. The molecule has 0 atom stereocenters. The average molecular weight is 356 g/mol. The van der Waals surface area contributed by atoms with E-state index in [1.807, 2.05) is 0 Å². The van der Waals surface area contributed by atoms with Crippen LogP contribution in [0.25, 0.3) is 0 Å². The van der Waals surface area contributed by atoms with E-state index in [4.69, 9.17) is 0 Å². The van der Waals surface area contributed by atoms with E-state index in [-0.39, 0.29) is 24.0 Å². The maximum Gasteiger partial charge on any atom is 0.191 e. The second kappa shape index (κ2) is 12.4. The van der Waals surface area contributed by atoms with Crippen LogP contribution < -0.4 is 10.6 Å². The minimum absolute atomic E-state index is 0. The Bertz CT molecular complexity index is 193. The normalized spacial score (nSPS) is 11.6. The monoisotopic (exact) mass is 356 g/mol. The zero-order valence-corrected chi connectivity index (χ0v) is 14.2. The van der Waals surface area contributed by atoms with Crippen LogP contribution in [0, 0.1) is 5.92 Å². The van der Waals surface area contributed by atoms with Crippen LogP contribution in [0.2, 0.25) is 0 Å². The van der Waals surface area contributed by atoms with Crippen molar-refractivity contribution in [1.82, 2.24) is 15.5 Å². The third-order valence-corrected chi connectivity index (χ3v) is 2.03. The lowest BCUT2D eigenvalue weighted by Crippen LogP contribution is -2.38. The molecule has 0 fully saturated rings. The quantitative estimate of drug-likeness (QED) is 0.316. The lowest BCUT2D eigenvalue weighted by atomic mass is 10.2. The Morgan fingerprint density at radius 3 is 2.35 bits per heavy atom. The third-order valence-electron chi connectivity index (χ3n) is 2.03. The molecule has 0 rings (SSSR count). The highest BCUT2D eigenvalue weighted by molar-refractivity contribution is 14.0. The molecule has 0 aromatic heterocycles. The maximum atomic E-state index is 4.51. The lowest BCUT2D eigenvalue weighted by Gasteiger charge is -2.13. The minimum atomic E-state index is 0. The molecule has 104 valence electrons. The average Bonchev–Trinajstić information content (AvgIpc) is 2.20. The summed E-state index contributed by atoms with van der Waals surface area (Å²) in [4.78, 5) is 6.70. The molecule has 4 nitrogen and oxygen atoms in total. The molecule has 0 saturated heterocycles. The fraction of sp³-hybridized carbons (Fsp3) is 0.917. The summed E-state index contributed by atoms with van der Waals surface area (Å²) in [6, 6.07) is 0. The van der Waals surface area contributed by atoms with E-state index >= 15 is 0 Å². The Morgan fingerprint density at radius 1 is 1.24 bits per heavy atom. The van der Waals surface area contributed by atoms with E-state index in [1.165, 1.54) is 0 Å². The molecular formula is C12H29IN4. The molecule has 0 spiro atoms. The molecule has 0 amide bonds. The van der Waals surface area contributed by atoms with Crippen molar-refractivity contribution >= 4 is 29.9 Å². The van der Waals surface area contributed by atoms with Crippen LogP contribution in [0.4, 0.5) is 0 Å². The van der Waals surface area contributed by atoms with E-state index in [9.17, 15) is 0 Å². The Morgan fingerprint density at radius 2 is 1.88 bits per heavy atom. The van der Waals surface area contributed by atoms with Gasteiger partial charge in [-0.15, -0.1) is 24.0 Å². The number of nitrogens with zero attached hydrogens (tertiary/aromatic N) is 2. The molecule has 0 heterocycles. The van der Waals surface area contributed by atoms with Gasteiger partial charge in [-0.1, -0.05) is 13.8 Å². The van der Waals surface area contributed by atoms with Crippen LogP contribution in [-0.2, 0) is 0 Å². The molecule has 2 N–H and O–H groups in total.